The van der Waals surface area contributed by atoms with E-state index in [0.29, 0.717) is 38.0 Å². The summed E-state index contributed by atoms with van der Waals surface area (Å²) < 4.78 is 2.43. The van der Waals surface area contributed by atoms with Crippen LogP contribution in [-0.2, 0) is 25.2 Å². The van der Waals surface area contributed by atoms with Crippen molar-refractivity contribution in [2.45, 2.75) is 134 Å². The van der Waals surface area contributed by atoms with Crippen LogP contribution in [0.5, 0.6) is 0 Å². The van der Waals surface area contributed by atoms with Gasteiger partial charge in [-0.05, 0) is 119 Å². The fourth-order valence-electron chi connectivity index (χ4n) is 9.69. The van der Waals surface area contributed by atoms with Gasteiger partial charge in [-0.1, -0.05) is 80.4 Å². The topological polar surface area (TPSA) is 190 Å². The molecule has 7 N–H and O–H groups in total. The number of para-hydroxylation sites is 2. The molecule has 0 saturated heterocycles. The Morgan fingerprint density at radius 3 is 2.31 bits per heavy atom. The molecular weight excluding hydrogens is 878 g/mol. The van der Waals surface area contributed by atoms with Crippen LogP contribution in [0.25, 0.3) is 0 Å². The van der Waals surface area contributed by atoms with E-state index in [1.807, 2.05) is 0 Å². The average molecular weight is 948 g/mol. The lowest BCUT2D eigenvalue weighted by atomic mass is 9.81. The first-order valence-electron chi connectivity index (χ1n) is 24.2. The number of hydrogen-bond donors (Lipinski definition) is 6. The Morgan fingerprint density at radius 1 is 0.838 bits per heavy atom. The van der Waals surface area contributed by atoms with Crippen molar-refractivity contribution in [3.8, 4) is 0 Å². The highest BCUT2D eigenvalue weighted by atomic mass is 35.5. The van der Waals surface area contributed by atoms with Crippen LogP contribution in [0.2, 0.25) is 0 Å². The van der Waals surface area contributed by atoms with Crippen LogP contribution >= 0.6 is 11.6 Å². The molecule has 0 spiro atoms. The zero-order valence-electron chi connectivity index (χ0n) is 40.1. The molecule has 1 aliphatic carbocycles. The van der Waals surface area contributed by atoms with Crippen molar-refractivity contribution in [1.82, 2.24) is 15.6 Å². The Hall–Kier alpha value is -6.05. The number of hydrazine groups is 1. The molecule has 1 aromatic heterocycles. The first kappa shape index (κ1) is 51.3. The lowest BCUT2D eigenvalue weighted by molar-refractivity contribution is -0.438. The molecule has 1 unspecified atom stereocenters. The van der Waals surface area contributed by atoms with Crippen molar-refractivity contribution in [1.29, 1.82) is 0 Å². The first-order valence-corrected chi connectivity index (χ1v) is 24.6. The molecule has 68 heavy (non-hydrogen) atoms. The summed E-state index contributed by atoms with van der Waals surface area (Å²) in [7, 11) is 0. The van der Waals surface area contributed by atoms with Gasteiger partial charge < -0.3 is 31.2 Å². The number of nitrogens with two attached hydrogens (primary N) is 1. The van der Waals surface area contributed by atoms with Crippen LogP contribution in [-0.4, -0.2) is 74.9 Å². The van der Waals surface area contributed by atoms with Crippen molar-refractivity contribution < 1.29 is 34.0 Å². The van der Waals surface area contributed by atoms with E-state index in [4.69, 9.17) is 22.6 Å². The van der Waals surface area contributed by atoms with Crippen molar-refractivity contribution >= 4 is 58.3 Å². The third kappa shape index (κ3) is 12.7. The number of aromatic nitrogens is 1. The molecule has 13 nitrogen and oxygen atoms in total. The molecule has 0 bridgehead atoms. The number of fused-ring (bicyclic) bond motifs is 2. The Balaban J connectivity index is 1.04. The third-order valence-electron chi connectivity index (χ3n) is 13.5. The van der Waals surface area contributed by atoms with Gasteiger partial charge in [0.2, 0.25) is 11.6 Å². The summed E-state index contributed by atoms with van der Waals surface area (Å²) in [6.45, 7) is 11.2. The molecule has 1 atom stereocenters. The molecule has 3 aliphatic rings. The summed E-state index contributed by atoms with van der Waals surface area (Å²) in [5.74, 6) is 3.27. The predicted octanol–water partition coefficient (Wildman–Crippen LogP) is 9.96. The molecule has 0 saturated carbocycles. The Bertz CT molecular complexity index is 2470. The second-order valence-electron chi connectivity index (χ2n) is 19.0. The van der Waals surface area contributed by atoms with Gasteiger partial charge in [0.15, 0.2) is 5.71 Å². The standard InChI is InChI=1S/C54H68ClN7O6/c1-53(2)40-20-9-11-23-43(40)61(34-15-5-7-25-48(63)57-33-14-13-22-42(52(67)68)59-51(66)39-29-32-47(60-56)58-36-39)45(53)30-27-37-18-17-19-38(50(37)55)28-31-46-54(3,4)41-21-10-12-24-44(41)62(46)35-16-6-8-26-49(64)65/h9-12,20-21,23-24,27-32,36,42H,5-8,13-19,22,25-26,33-35,56H2,1-4H3,(H4-,57,58,59,60,63,64,65,66,67,68)/p+1. The first-order chi connectivity index (χ1) is 32.6. The van der Waals surface area contributed by atoms with Crippen LogP contribution in [0.3, 0.4) is 0 Å². The van der Waals surface area contributed by atoms with Gasteiger partial charge >= 0.3 is 11.9 Å². The largest absolute Gasteiger partial charge is 0.481 e. The van der Waals surface area contributed by atoms with Crippen LogP contribution in [0, 0.1) is 0 Å². The number of unbranched alkanes of at least 4 members (excludes halogenated alkanes) is 5. The minimum absolute atomic E-state index is 0.0274. The van der Waals surface area contributed by atoms with Crippen LogP contribution in [0.1, 0.15) is 139 Å². The van der Waals surface area contributed by atoms with Gasteiger partial charge in [0.05, 0.1) is 11.0 Å². The van der Waals surface area contributed by atoms with E-state index >= 15 is 0 Å². The summed E-state index contributed by atoms with van der Waals surface area (Å²) >= 11 is 7.29. The highest BCUT2D eigenvalue weighted by molar-refractivity contribution is 6.32. The fraction of sp³-hybridized carbons (Fsp3) is 0.444. The summed E-state index contributed by atoms with van der Waals surface area (Å²) in [5, 5.41) is 25.1. The zero-order chi connectivity index (χ0) is 48.8. The number of carbonyl (C=O) groups is 4. The zero-order valence-corrected chi connectivity index (χ0v) is 40.8. The number of benzene rings is 2. The Morgan fingerprint density at radius 2 is 1.57 bits per heavy atom. The number of nitrogen functional groups attached to an aromatic ring is 1. The normalized spacial score (nSPS) is 17.7. The molecular formula is C54H69ClN7O6+. The van der Waals surface area contributed by atoms with E-state index in [1.54, 1.807) is 0 Å². The molecule has 2 aliphatic heterocycles. The molecule has 14 heteroatoms. The molecule has 2 amide bonds. The lowest BCUT2D eigenvalue weighted by Crippen LogP contribution is -2.40. The fourth-order valence-corrected chi connectivity index (χ4v) is 10.0. The van der Waals surface area contributed by atoms with Gasteiger partial charge in [-0.2, -0.15) is 4.58 Å². The van der Waals surface area contributed by atoms with Crippen LogP contribution < -0.4 is 26.8 Å². The summed E-state index contributed by atoms with van der Waals surface area (Å²) in [6.07, 6.45) is 20.0. The van der Waals surface area contributed by atoms with Crippen LogP contribution in [0.15, 0.2) is 113 Å². The van der Waals surface area contributed by atoms with Gasteiger partial charge in [0.1, 0.15) is 18.4 Å². The molecule has 2 aromatic carbocycles. The number of nitrogens with one attached hydrogen (secondary N) is 3. The number of carbonyl (C=O) groups excluding carboxylic acids is 2. The molecule has 6 rings (SSSR count). The van der Waals surface area contributed by atoms with Crippen molar-refractivity contribution in [2.75, 3.05) is 30.0 Å². The van der Waals surface area contributed by atoms with Gasteiger partial charge in [0, 0.05) is 78.1 Å². The monoisotopic (exact) mass is 946 g/mol. The highest BCUT2D eigenvalue weighted by Gasteiger charge is 2.44. The smallest absolute Gasteiger partial charge is 0.326 e. The number of hydrogen-bond acceptors (Lipinski definition) is 8. The number of amides is 2. The van der Waals surface area contributed by atoms with Crippen molar-refractivity contribution in [2.24, 2.45) is 5.84 Å². The Kier molecular flexibility index (Phi) is 18.0. The summed E-state index contributed by atoms with van der Waals surface area (Å²) in [4.78, 5) is 54.6. The maximum absolute atomic E-state index is 12.7. The number of aliphatic carboxylic acids is 2. The number of allylic oxidation sites excluding steroid dienone is 8. The van der Waals surface area contributed by atoms with Gasteiger partial charge in [-0.3, -0.25) is 14.4 Å². The summed E-state index contributed by atoms with van der Waals surface area (Å²) in [5.41, 5.74) is 11.9. The molecule has 0 fully saturated rings. The van der Waals surface area contributed by atoms with Gasteiger partial charge in [-0.15, -0.1) is 0 Å². The van der Waals surface area contributed by atoms with E-state index in [2.05, 4.69) is 131 Å². The lowest BCUT2D eigenvalue weighted by Gasteiger charge is -2.27. The SMILES string of the molecule is CC1(C)C(/C=C/C2=C(Cl)C(=C/C=C3/N(CCCCCC(=O)O)c4ccccc4C3(C)C)/CCC2)=[N+](CCCCCC(=O)NCCCCC(NC(=O)c2ccc(NN)nc2)C(=O)O)c2ccccc21. The minimum Gasteiger partial charge on any atom is -0.481 e. The van der Waals surface area contributed by atoms with Crippen molar-refractivity contribution in [3.05, 3.63) is 130 Å². The maximum atomic E-state index is 12.7. The van der Waals surface area contributed by atoms with Gasteiger partial charge in [-0.25, -0.2) is 15.6 Å². The molecule has 0 radical (unpaired) electrons. The summed E-state index contributed by atoms with van der Waals surface area (Å²) in [6, 6.07) is 19.2. The predicted molar refractivity (Wildman–Crippen MR) is 270 cm³/mol. The number of carboxylic acid groups (broad SMARTS) is 2. The third-order valence-corrected chi connectivity index (χ3v) is 14.0. The van der Waals surface area contributed by atoms with Crippen molar-refractivity contribution in [3.63, 3.8) is 0 Å². The second kappa shape index (κ2) is 23.8. The number of pyridine rings is 1. The van der Waals surface area contributed by atoms with Crippen LogP contribution in [0.4, 0.5) is 17.2 Å². The van der Waals surface area contributed by atoms with E-state index in [1.165, 1.54) is 52.2 Å². The second-order valence-corrected chi connectivity index (χ2v) is 19.4. The Labute approximate surface area is 406 Å². The minimum atomic E-state index is -1.12. The molecule has 3 aromatic rings. The number of anilines is 2. The molecule has 362 valence electrons. The quantitative estimate of drug-likeness (QED) is 0.0218. The molecule has 3 heterocycles. The highest BCUT2D eigenvalue weighted by Crippen LogP contribution is 2.48. The number of halogens is 1. The number of rotatable bonds is 24. The number of carboxylic acids is 2. The van der Waals surface area contributed by atoms with E-state index in [0.717, 1.165) is 80.6 Å². The van der Waals surface area contributed by atoms with Gasteiger partial charge in [0.25, 0.3) is 5.91 Å². The number of nitrogens with zero attached hydrogens (tertiary/aromatic N) is 3. The van der Waals surface area contributed by atoms with E-state index in [9.17, 15) is 24.3 Å². The average Bonchev–Trinajstić information content (AvgIpc) is 3.67. The maximum Gasteiger partial charge on any atom is 0.326 e. The van der Waals surface area contributed by atoms with E-state index < -0.39 is 23.9 Å². The van der Waals surface area contributed by atoms with E-state index in [-0.39, 0.29) is 35.1 Å².